The van der Waals surface area contributed by atoms with Crippen LogP contribution in [0, 0.1) is 11.3 Å². The third kappa shape index (κ3) is 5.02. The molecule has 0 aromatic heterocycles. The molecule has 1 fully saturated rings. The maximum atomic E-state index is 13.2. The van der Waals surface area contributed by atoms with Gasteiger partial charge in [-0.1, -0.05) is 12.1 Å². The van der Waals surface area contributed by atoms with Crippen LogP contribution < -0.4 is 9.64 Å². The van der Waals surface area contributed by atoms with Crippen molar-refractivity contribution in [3.8, 4) is 11.8 Å². The molecular weight excluding hydrogens is 401 g/mol. The zero-order valence-electron chi connectivity index (χ0n) is 16.0. The smallest absolute Gasteiger partial charge is 0.417 e. The Morgan fingerprint density at radius 2 is 2.00 bits per heavy atom. The Labute approximate surface area is 171 Å². The van der Waals surface area contributed by atoms with Crippen molar-refractivity contribution in [1.29, 1.82) is 5.26 Å². The number of nitrogens with zero attached hydrogens (tertiary/aromatic N) is 2. The molecule has 9 heteroatoms. The van der Waals surface area contributed by atoms with Crippen LogP contribution in [0.3, 0.4) is 0 Å². The van der Waals surface area contributed by atoms with E-state index in [0.717, 1.165) is 12.1 Å². The first-order chi connectivity index (χ1) is 14.2. The van der Waals surface area contributed by atoms with Gasteiger partial charge in [0.25, 0.3) is 0 Å². The number of alkyl halides is 3. The first kappa shape index (κ1) is 21.5. The largest absolute Gasteiger partial charge is 0.491 e. The van der Waals surface area contributed by atoms with Gasteiger partial charge in [0.1, 0.15) is 24.7 Å². The lowest BCUT2D eigenvalue weighted by molar-refractivity contribution is -0.138. The van der Waals surface area contributed by atoms with Gasteiger partial charge < -0.3 is 19.5 Å². The second kappa shape index (κ2) is 8.63. The minimum atomic E-state index is -4.62. The molecule has 2 aromatic rings. The van der Waals surface area contributed by atoms with Crippen LogP contribution in [0.25, 0.3) is 0 Å². The first-order valence-electron chi connectivity index (χ1n) is 9.14. The minimum Gasteiger partial charge on any atom is -0.491 e. The quantitative estimate of drug-likeness (QED) is 0.765. The van der Waals surface area contributed by atoms with Gasteiger partial charge in [0.15, 0.2) is 0 Å². The summed E-state index contributed by atoms with van der Waals surface area (Å²) in [5.41, 5.74) is -0.441. The number of aliphatic carboxylic acids is 1. The SMILES string of the molecule is C[C@H]1O[C@H](COc2ccc(CC(=O)O)cc2)CN1c1ccc(C#N)c(C(F)(F)F)c1. The molecule has 1 aliphatic heterocycles. The number of anilines is 1. The summed E-state index contributed by atoms with van der Waals surface area (Å²) < 4.78 is 51.1. The lowest BCUT2D eigenvalue weighted by Gasteiger charge is -2.23. The van der Waals surface area contributed by atoms with E-state index in [1.807, 2.05) is 0 Å². The van der Waals surface area contributed by atoms with Crippen molar-refractivity contribution in [3.63, 3.8) is 0 Å². The van der Waals surface area contributed by atoms with Crippen LogP contribution in [-0.2, 0) is 22.1 Å². The van der Waals surface area contributed by atoms with Crippen LogP contribution >= 0.6 is 0 Å². The molecule has 6 nitrogen and oxygen atoms in total. The second-order valence-corrected chi connectivity index (χ2v) is 6.87. The van der Waals surface area contributed by atoms with Gasteiger partial charge in [0, 0.05) is 5.69 Å². The van der Waals surface area contributed by atoms with Crippen LogP contribution in [-0.4, -0.2) is 36.6 Å². The van der Waals surface area contributed by atoms with Gasteiger partial charge in [-0.15, -0.1) is 0 Å². The number of hydrogen-bond donors (Lipinski definition) is 1. The third-order valence-electron chi connectivity index (χ3n) is 4.70. The van der Waals surface area contributed by atoms with Gasteiger partial charge in [0.2, 0.25) is 0 Å². The van der Waals surface area contributed by atoms with Gasteiger partial charge in [-0.05, 0) is 42.8 Å². The van der Waals surface area contributed by atoms with E-state index in [4.69, 9.17) is 19.8 Å². The van der Waals surface area contributed by atoms with E-state index < -0.39 is 29.5 Å². The number of nitriles is 1. The summed E-state index contributed by atoms with van der Waals surface area (Å²) in [6.07, 6.45) is -5.54. The van der Waals surface area contributed by atoms with Crippen molar-refractivity contribution in [1.82, 2.24) is 0 Å². The number of benzene rings is 2. The molecule has 2 atom stereocenters. The van der Waals surface area contributed by atoms with E-state index in [1.54, 1.807) is 42.2 Å². The Bertz CT molecular complexity index is 954. The van der Waals surface area contributed by atoms with E-state index in [1.165, 1.54) is 6.07 Å². The summed E-state index contributed by atoms with van der Waals surface area (Å²) >= 11 is 0. The van der Waals surface area contributed by atoms with Gasteiger partial charge in [0.05, 0.1) is 30.2 Å². The molecule has 0 amide bonds. The molecule has 158 valence electrons. The zero-order chi connectivity index (χ0) is 21.9. The van der Waals surface area contributed by atoms with Gasteiger partial charge in [-0.2, -0.15) is 18.4 Å². The maximum absolute atomic E-state index is 13.2. The summed E-state index contributed by atoms with van der Waals surface area (Å²) in [5, 5.41) is 17.7. The summed E-state index contributed by atoms with van der Waals surface area (Å²) in [7, 11) is 0. The highest BCUT2D eigenvalue weighted by molar-refractivity contribution is 5.70. The summed E-state index contributed by atoms with van der Waals surface area (Å²) in [6, 6.07) is 11.8. The van der Waals surface area contributed by atoms with E-state index in [9.17, 15) is 18.0 Å². The highest BCUT2D eigenvalue weighted by Crippen LogP contribution is 2.36. The highest BCUT2D eigenvalue weighted by Gasteiger charge is 2.36. The average molecular weight is 420 g/mol. The average Bonchev–Trinajstić information content (AvgIpc) is 3.06. The molecule has 0 aliphatic carbocycles. The molecule has 0 spiro atoms. The fraction of sp³-hybridized carbons (Fsp3) is 0.333. The topological polar surface area (TPSA) is 82.8 Å². The van der Waals surface area contributed by atoms with E-state index >= 15 is 0 Å². The third-order valence-corrected chi connectivity index (χ3v) is 4.70. The highest BCUT2D eigenvalue weighted by atomic mass is 19.4. The molecule has 0 bridgehead atoms. The summed E-state index contributed by atoms with van der Waals surface area (Å²) in [5.74, 6) is -0.384. The van der Waals surface area contributed by atoms with Crippen molar-refractivity contribution in [2.75, 3.05) is 18.1 Å². The number of hydrogen-bond acceptors (Lipinski definition) is 5. The molecule has 30 heavy (non-hydrogen) atoms. The number of rotatable bonds is 6. The van der Waals surface area contributed by atoms with Gasteiger partial charge >= 0.3 is 12.1 Å². The van der Waals surface area contributed by atoms with E-state index in [-0.39, 0.29) is 19.1 Å². The number of halogens is 3. The fourth-order valence-electron chi connectivity index (χ4n) is 3.28. The van der Waals surface area contributed by atoms with Crippen LogP contribution in [0.1, 0.15) is 23.6 Å². The molecule has 3 rings (SSSR count). The molecule has 0 unspecified atom stereocenters. The standard InChI is InChI=1S/C21H19F3N2O4/c1-13-26(16-5-4-15(10-25)19(9-16)21(22,23)24)11-18(30-13)12-29-17-6-2-14(3-7-17)8-20(27)28/h2-7,9,13,18H,8,11-12H2,1H3,(H,27,28)/t13-,18+/m1/s1. The van der Waals surface area contributed by atoms with Crippen molar-refractivity contribution in [2.45, 2.75) is 31.9 Å². The van der Waals surface area contributed by atoms with Crippen LogP contribution in [0.15, 0.2) is 42.5 Å². The zero-order valence-corrected chi connectivity index (χ0v) is 16.0. The lowest BCUT2D eigenvalue weighted by atomic mass is 10.1. The molecule has 1 N–H and O–H groups in total. The predicted octanol–water partition coefficient (Wildman–Crippen LogP) is 3.83. The molecule has 2 aromatic carbocycles. The number of carboxylic acid groups (broad SMARTS) is 1. The first-order valence-corrected chi connectivity index (χ1v) is 9.14. The summed E-state index contributed by atoms with van der Waals surface area (Å²) in [6.45, 7) is 2.23. The Balaban J connectivity index is 1.65. The maximum Gasteiger partial charge on any atom is 0.417 e. The molecule has 1 aliphatic rings. The number of carbonyl (C=O) groups is 1. The van der Waals surface area contributed by atoms with Crippen molar-refractivity contribution in [3.05, 3.63) is 59.2 Å². The van der Waals surface area contributed by atoms with Crippen LogP contribution in [0.2, 0.25) is 0 Å². The minimum absolute atomic E-state index is 0.0804. The molecule has 0 radical (unpaired) electrons. The van der Waals surface area contributed by atoms with Crippen LogP contribution in [0.4, 0.5) is 18.9 Å². The fourth-order valence-corrected chi connectivity index (χ4v) is 3.28. The Morgan fingerprint density at radius 3 is 2.60 bits per heavy atom. The number of carboxylic acids is 1. The lowest BCUT2D eigenvalue weighted by Crippen LogP contribution is -2.28. The Hall–Kier alpha value is -3.25. The molecule has 0 saturated carbocycles. The Morgan fingerprint density at radius 1 is 1.30 bits per heavy atom. The number of ether oxygens (including phenoxy) is 2. The van der Waals surface area contributed by atoms with Gasteiger partial charge in [-0.3, -0.25) is 4.79 Å². The Kier molecular flexibility index (Phi) is 6.17. The summed E-state index contributed by atoms with van der Waals surface area (Å²) in [4.78, 5) is 12.4. The second-order valence-electron chi connectivity index (χ2n) is 6.87. The van der Waals surface area contributed by atoms with E-state index in [0.29, 0.717) is 23.5 Å². The van der Waals surface area contributed by atoms with Gasteiger partial charge in [-0.25, -0.2) is 0 Å². The van der Waals surface area contributed by atoms with Crippen molar-refractivity contribution < 1.29 is 32.5 Å². The normalized spacial score (nSPS) is 18.8. The molecular formula is C21H19F3N2O4. The molecule has 1 saturated heterocycles. The predicted molar refractivity (Wildman–Crippen MR) is 101 cm³/mol. The van der Waals surface area contributed by atoms with E-state index in [2.05, 4.69) is 0 Å². The molecule has 1 heterocycles. The van der Waals surface area contributed by atoms with Crippen LogP contribution in [0.5, 0.6) is 5.75 Å². The monoisotopic (exact) mass is 420 g/mol. The van der Waals surface area contributed by atoms with Crippen molar-refractivity contribution in [2.24, 2.45) is 0 Å². The van der Waals surface area contributed by atoms with Crippen molar-refractivity contribution >= 4 is 11.7 Å².